The molecule has 0 saturated carbocycles. The Morgan fingerprint density at radius 1 is 1.26 bits per heavy atom. The van der Waals surface area contributed by atoms with Crippen molar-refractivity contribution in [2.75, 3.05) is 11.6 Å². The molecule has 0 atom stereocenters. The predicted octanol–water partition coefficient (Wildman–Crippen LogP) is 4.55. The lowest BCUT2D eigenvalue weighted by atomic mass is 10.1. The van der Waals surface area contributed by atoms with E-state index in [1.807, 2.05) is 30.3 Å². The Hall–Kier alpha value is -1.04. The Kier molecular flexibility index (Phi) is 4.85. The van der Waals surface area contributed by atoms with E-state index >= 15 is 0 Å². The molecule has 0 unspecified atom stereocenters. The van der Waals surface area contributed by atoms with Crippen molar-refractivity contribution in [2.24, 2.45) is 5.73 Å². The third-order valence-electron chi connectivity index (χ3n) is 2.60. The molecule has 0 amide bonds. The molecular formula is C14H13BrN2S2. The smallest absolute Gasteiger partial charge is 0.106 e. The summed E-state index contributed by atoms with van der Waals surface area (Å²) in [6.07, 6.45) is 2.05. The van der Waals surface area contributed by atoms with Crippen LogP contribution in [0.4, 0.5) is 11.4 Å². The van der Waals surface area contributed by atoms with Crippen LogP contribution in [0.3, 0.4) is 0 Å². The van der Waals surface area contributed by atoms with Crippen LogP contribution in [0.5, 0.6) is 0 Å². The normalized spacial score (nSPS) is 10.2. The monoisotopic (exact) mass is 352 g/mol. The average molecular weight is 353 g/mol. The second kappa shape index (κ2) is 6.41. The highest BCUT2D eigenvalue weighted by atomic mass is 79.9. The van der Waals surface area contributed by atoms with Crippen molar-refractivity contribution in [2.45, 2.75) is 4.90 Å². The molecule has 0 fully saturated rings. The average Bonchev–Trinajstić information content (AvgIpc) is 2.41. The van der Waals surface area contributed by atoms with Crippen molar-refractivity contribution < 1.29 is 0 Å². The number of thioether (sulfide) groups is 1. The van der Waals surface area contributed by atoms with Gasteiger partial charge < -0.3 is 11.1 Å². The van der Waals surface area contributed by atoms with E-state index in [0.717, 1.165) is 21.4 Å². The lowest BCUT2D eigenvalue weighted by Gasteiger charge is -2.12. The van der Waals surface area contributed by atoms with Gasteiger partial charge in [-0.3, -0.25) is 0 Å². The molecule has 2 nitrogen and oxygen atoms in total. The van der Waals surface area contributed by atoms with Gasteiger partial charge in [0.05, 0.1) is 0 Å². The first-order chi connectivity index (χ1) is 9.10. The highest BCUT2D eigenvalue weighted by molar-refractivity contribution is 9.10. The van der Waals surface area contributed by atoms with Crippen molar-refractivity contribution in [3.8, 4) is 0 Å². The fraction of sp³-hybridized carbons (Fsp3) is 0.0714. The molecular weight excluding hydrogens is 340 g/mol. The van der Waals surface area contributed by atoms with Crippen LogP contribution >= 0.6 is 39.9 Å². The van der Waals surface area contributed by atoms with Gasteiger partial charge in [0.15, 0.2) is 0 Å². The number of anilines is 2. The summed E-state index contributed by atoms with van der Waals surface area (Å²) in [7, 11) is 0. The summed E-state index contributed by atoms with van der Waals surface area (Å²) in [4.78, 5) is 1.59. The van der Waals surface area contributed by atoms with Gasteiger partial charge in [0.25, 0.3) is 0 Å². The molecule has 2 aromatic carbocycles. The standard InChI is InChI=1S/C14H13BrN2S2/c1-19-11-4-2-3-10(8-11)17-13-6-5-9(15)7-12(13)14(16)18/h2-8,17H,1H3,(H2,16,18). The Labute approximate surface area is 130 Å². The zero-order valence-corrected chi connectivity index (χ0v) is 13.5. The largest absolute Gasteiger partial charge is 0.389 e. The summed E-state index contributed by atoms with van der Waals surface area (Å²) in [5.74, 6) is 0. The molecule has 2 aromatic rings. The first-order valence-electron chi connectivity index (χ1n) is 5.60. The molecule has 0 radical (unpaired) electrons. The van der Waals surface area contributed by atoms with E-state index in [4.69, 9.17) is 18.0 Å². The molecule has 0 saturated heterocycles. The predicted molar refractivity (Wildman–Crippen MR) is 91.5 cm³/mol. The lowest BCUT2D eigenvalue weighted by molar-refractivity contribution is 1.43. The summed E-state index contributed by atoms with van der Waals surface area (Å²) >= 11 is 10.2. The van der Waals surface area contributed by atoms with Gasteiger partial charge in [-0.1, -0.05) is 34.2 Å². The van der Waals surface area contributed by atoms with Crippen molar-refractivity contribution in [3.63, 3.8) is 0 Å². The summed E-state index contributed by atoms with van der Waals surface area (Å²) in [5, 5.41) is 3.35. The number of benzene rings is 2. The van der Waals surface area contributed by atoms with E-state index in [9.17, 15) is 0 Å². The minimum absolute atomic E-state index is 0.379. The van der Waals surface area contributed by atoms with Crippen LogP contribution in [0.2, 0.25) is 0 Å². The molecule has 2 rings (SSSR count). The number of thiocarbonyl (C=S) groups is 1. The van der Waals surface area contributed by atoms with Crippen LogP contribution in [0.25, 0.3) is 0 Å². The maximum Gasteiger partial charge on any atom is 0.106 e. The summed E-state index contributed by atoms with van der Waals surface area (Å²) in [5.41, 5.74) is 8.52. The topological polar surface area (TPSA) is 38.0 Å². The van der Waals surface area contributed by atoms with Gasteiger partial charge >= 0.3 is 0 Å². The number of nitrogens with one attached hydrogen (secondary N) is 1. The zero-order valence-electron chi connectivity index (χ0n) is 10.3. The van der Waals surface area contributed by atoms with Gasteiger partial charge in [-0.05, 0) is 42.7 Å². The maximum atomic E-state index is 5.76. The number of rotatable bonds is 4. The van der Waals surface area contributed by atoms with Crippen molar-refractivity contribution in [3.05, 3.63) is 52.5 Å². The first-order valence-corrected chi connectivity index (χ1v) is 8.03. The van der Waals surface area contributed by atoms with Crippen LogP contribution in [-0.4, -0.2) is 11.2 Å². The van der Waals surface area contributed by atoms with Gasteiger partial charge in [0.2, 0.25) is 0 Å². The minimum atomic E-state index is 0.379. The molecule has 5 heteroatoms. The van der Waals surface area contributed by atoms with Crippen LogP contribution in [0, 0.1) is 0 Å². The quantitative estimate of drug-likeness (QED) is 0.625. The maximum absolute atomic E-state index is 5.76. The van der Waals surface area contributed by atoms with Crippen molar-refractivity contribution >= 4 is 56.3 Å². The van der Waals surface area contributed by atoms with E-state index in [-0.39, 0.29) is 0 Å². The molecule has 3 N–H and O–H groups in total. The highest BCUT2D eigenvalue weighted by Gasteiger charge is 2.06. The van der Waals surface area contributed by atoms with Crippen molar-refractivity contribution in [1.82, 2.24) is 0 Å². The van der Waals surface area contributed by atoms with Crippen molar-refractivity contribution in [1.29, 1.82) is 0 Å². The van der Waals surface area contributed by atoms with E-state index < -0.39 is 0 Å². The second-order valence-electron chi connectivity index (χ2n) is 3.91. The van der Waals surface area contributed by atoms with Gasteiger partial charge in [-0.2, -0.15) is 0 Å². The number of halogens is 1. The van der Waals surface area contributed by atoms with E-state index in [1.54, 1.807) is 11.8 Å². The fourth-order valence-electron chi connectivity index (χ4n) is 1.69. The van der Waals surface area contributed by atoms with E-state index in [0.29, 0.717) is 4.99 Å². The van der Waals surface area contributed by atoms with Crippen LogP contribution in [-0.2, 0) is 0 Å². The lowest BCUT2D eigenvalue weighted by Crippen LogP contribution is -2.11. The van der Waals surface area contributed by atoms with Gasteiger partial charge in [0, 0.05) is 26.3 Å². The summed E-state index contributed by atoms with van der Waals surface area (Å²) in [6.45, 7) is 0. The Morgan fingerprint density at radius 3 is 2.74 bits per heavy atom. The second-order valence-corrected chi connectivity index (χ2v) is 6.15. The number of hydrogen-bond donors (Lipinski definition) is 2. The van der Waals surface area contributed by atoms with Gasteiger partial charge in [-0.15, -0.1) is 11.8 Å². The number of hydrogen-bond acceptors (Lipinski definition) is 3. The molecule has 0 heterocycles. The molecule has 0 spiro atoms. The first kappa shape index (κ1) is 14.4. The van der Waals surface area contributed by atoms with E-state index in [1.165, 1.54) is 4.90 Å². The Morgan fingerprint density at radius 2 is 2.05 bits per heavy atom. The molecule has 0 aliphatic rings. The highest BCUT2D eigenvalue weighted by Crippen LogP contribution is 2.26. The molecule has 0 bridgehead atoms. The molecule has 0 aliphatic carbocycles. The van der Waals surface area contributed by atoms with E-state index in [2.05, 4.69) is 39.6 Å². The summed E-state index contributed by atoms with van der Waals surface area (Å²) < 4.78 is 0.957. The molecule has 0 aromatic heterocycles. The zero-order chi connectivity index (χ0) is 13.8. The van der Waals surface area contributed by atoms with Crippen LogP contribution in [0.15, 0.2) is 51.8 Å². The number of nitrogens with two attached hydrogens (primary N) is 1. The Bertz CT molecular complexity index is 614. The fourth-order valence-corrected chi connectivity index (χ4v) is 2.68. The van der Waals surface area contributed by atoms with Gasteiger partial charge in [-0.25, -0.2) is 0 Å². The van der Waals surface area contributed by atoms with Crippen LogP contribution < -0.4 is 11.1 Å². The van der Waals surface area contributed by atoms with Crippen LogP contribution in [0.1, 0.15) is 5.56 Å². The third kappa shape index (κ3) is 3.72. The minimum Gasteiger partial charge on any atom is -0.389 e. The molecule has 98 valence electrons. The van der Waals surface area contributed by atoms with Gasteiger partial charge in [0.1, 0.15) is 4.99 Å². The molecule has 0 aliphatic heterocycles. The summed E-state index contributed by atoms with van der Waals surface area (Å²) in [6, 6.07) is 14.1. The third-order valence-corrected chi connectivity index (χ3v) is 4.03. The Balaban J connectivity index is 2.34. The SMILES string of the molecule is CSc1cccc(Nc2ccc(Br)cc2C(N)=S)c1. The molecule has 19 heavy (non-hydrogen) atoms.